The minimum atomic E-state index is -0.829. The molecule has 2 heterocycles. The molecule has 0 fully saturated rings. The number of anilines is 1. The van der Waals surface area contributed by atoms with Crippen molar-refractivity contribution >= 4 is 22.6 Å². The van der Waals surface area contributed by atoms with Gasteiger partial charge in [0, 0.05) is 11.5 Å². The van der Waals surface area contributed by atoms with Crippen molar-refractivity contribution < 1.29 is 19.4 Å². The number of fused-ring (bicyclic) bond motifs is 2. The highest BCUT2D eigenvalue weighted by Gasteiger charge is 2.24. The lowest BCUT2D eigenvalue weighted by atomic mass is 10.0. The number of rotatable bonds is 3. The van der Waals surface area contributed by atoms with Gasteiger partial charge in [0.1, 0.15) is 6.04 Å². The predicted octanol–water partition coefficient (Wildman–Crippen LogP) is 2.76. The number of hydrogen-bond acceptors (Lipinski definition) is 5. The summed E-state index contributed by atoms with van der Waals surface area (Å²) in [6, 6.07) is 3.18. The van der Waals surface area contributed by atoms with E-state index < -0.39 is 12.0 Å². The highest BCUT2D eigenvalue weighted by atomic mass is 16.5. The molecule has 1 aliphatic rings. The Morgan fingerprint density at radius 2 is 2.00 bits per heavy atom. The van der Waals surface area contributed by atoms with Crippen LogP contribution in [0, 0.1) is 6.92 Å². The first-order valence-electron chi connectivity index (χ1n) is 7.59. The van der Waals surface area contributed by atoms with Crippen LogP contribution in [0.4, 0.5) is 5.69 Å². The molecular weight excluding hydrogens is 296 g/mol. The molecule has 0 saturated carbocycles. The van der Waals surface area contributed by atoms with Crippen molar-refractivity contribution in [3.8, 4) is 11.5 Å². The third kappa shape index (κ3) is 2.65. The van der Waals surface area contributed by atoms with E-state index in [2.05, 4.69) is 5.32 Å². The number of pyridine rings is 1. The Labute approximate surface area is 134 Å². The molecule has 6 heteroatoms. The zero-order valence-electron chi connectivity index (χ0n) is 13.5. The van der Waals surface area contributed by atoms with Gasteiger partial charge in [-0.1, -0.05) is 0 Å². The van der Waals surface area contributed by atoms with Crippen LogP contribution in [0.3, 0.4) is 0 Å². The van der Waals surface area contributed by atoms with Crippen molar-refractivity contribution in [2.45, 2.75) is 32.2 Å². The average molecular weight is 316 g/mol. The summed E-state index contributed by atoms with van der Waals surface area (Å²) in [5, 5.41) is 13.4. The molecule has 0 radical (unpaired) electrons. The Kier molecular flexibility index (Phi) is 3.98. The van der Waals surface area contributed by atoms with Crippen molar-refractivity contribution in [2.24, 2.45) is 0 Å². The summed E-state index contributed by atoms with van der Waals surface area (Å²) < 4.78 is 10.7. The topological polar surface area (TPSA) is 80.7 Å². The van der Waals surface area contributed by atoms with Crippen LogP contribution >= 0.6 is 0 Å². The molecule has 0 bridgehead atoms. The zero-order chi connectivity index (χ0) is 16.6. The molecular formula is C17H20N2O4. The predicted molar refractivity (Wildman–Crippen MR) is 87.6 cm³/mol. The van der Waals surface area contributed by atoms with Crippen molar-refractivity contribution in [1.29, 1.82) is 0 Å². The number of aryl methyl sites for hydroxylation is 2. The van der Waals surface area contributed by atoms with E-state index in [0.717, 1.165) is 40.7 Å². The van der Waals surface area contributed by atoms with Crippen LogP contribution in [0.15, 0.2) is 12.1 Å². The fourth-order valence-electron chi connectivity index (χ4n) is 3.09. The number of methoxy groups -OCH3 is 2. The molecule has 6 nitrogen and oxygen atoms in total. The molecule has 0 amide bonds. The van der Waals surface area contributed by atoms with Crippen molar-refractivity contribution in [2.75, 3.05) is 19.5 Å². The van der Waals surface area contributed by atoms with Crippen LogP contribution < -0.4 is 14.8 Å². The summed E-state index contributed by atoms with van der Waals surface area (Å²) in [7, 11) is 3.19. The lowest BCUT2D eigenvalue weighted by molar-refractivity contribution is -0.138. The molecule has 1 unspecified atom stereocenters. The van der Waals surface area contributed by atoms with Gasteiger partial charge in [-0.2, -0.15) is 0 Å². The minimum absolute atomic E-state index is 0.575. The highest BCUT2D eigenvalue weighted by Crippen LogP contribution is 2.37. The number of hydrogen-bond donors (Lipinski definition) is 2. The smallest absolute Gasteiger partial charge is 0.326 e. The highest BCUT2D eigenvalue weighted by molar-refractivity contribution is 5.91. The minimum Gasteiger partial charge on any atom is -0.493 e. The summed E-state index contributed by atoms with van der Waals surface area (Å²) in [6.45, 7) is 1.98. The lowest BCUT2D eigenvalue weighted by Crippen LogP contribution is -2.28. The largest absolute Gasteiger partial charge is 0.493 e. The number of carbonyl (C=O) groups is 1. The third-order valence-electron chi connectivity index (χ3n) is 4.35. The Morgan fingerprint density at radius 3 is 2.65 bits per heavy atom. The number of aromatic nitrogens is 1. The van der Waals surface area contributed by atoms with Gasteiger partial charge in [-0.25, -0.2) is 4.79 Å². The molecule has 0 saturated heterocycles. The maximum absolute atomic E-state index is 11.4. The summed E-state index contributed by atoms with van der Waals surface area (Å²) in [5.41, 5.74) is 3.55. The second kappa shape index (κ2) is 5.95. The number of nitrogens with zero attached hydrogens (tertiary/aromatic N) is 1. The van der Waals surface area contributed by atoms with Gasteiger partial charge in [0.15, 0.2) is 11.5 Å². The summed E-state index contributed by atoms with van der Waals surface area (Å²) in [4.78, 5) is 16.1. The van der Waals surface area contributed by atoms with Gasteiger partial charge in [-0.3, -0.25) is 4.98 Å². The van der Waals surface area contributed by atoms with E-state index in [1.165, 1.54) is 0 Å². The van der Waals surface area contributed by atoms with Crippen molar-refractivity contribution in [3.63, 3.8) is 0 Å². The van der Waals surface area contributed by atoms with Crippen LogP contribution in [0.25, 0.3) is 10.9 Å². The first kappa shape index (κ1) is 15.4. The normalized spacial score (nSPS) is 17.1. The number of nitrogens with one attached hydrogen (secondary N) is 1. The molecule has 1 atom stereocenters. The molecule has 1 aliphatic heterocycles. The lowest BCUT2D eigenvalue weighted by Gasteiger charge is -2.18. The standard InChI is InChI=1S/C17H20N2O4/c1-9-10-7-14(22-2)15(23-3)8-13(10)18-11-5-4-6-12(17(20)21)19-16(9)11/h7-8,12,19H,4-6H2,1-3H3,(H,20,21). The Morgan fingerprint density at radius 1 is 1.30 bits per heavy atom. The van der Waals surface area contributed by atoms with E-state index in [0.29, 0.717) is 17.9 Å². The first-order valence-corrected chi connectivity index (χ1v) is 7.59. The van der Waals surface area contributed by atoms with Crippen LogP contribution in [0.5, 0.6) is 11.5 Å². The Balaban J connectivity index is 2.20. The number of carboxylic acids is 1. The van der Waals surface area contributed by atoms with Gasteiger partial charge < -0.3 is 19.9 Å². The first-order chi connectivity index (χ1) is 11.0. The molecule has 0 aliphatic carbocycles. The SMILES string of the molecule is COc1cc2nc3c(c(C)c2cc1OC)NC(C(=O)O)CCC3. The molecule has 0 spiro atoms. The Bertz CT molecular complexity index is 773. The fraction of sp³-hybridized carbons (Fsp3) is 0.412. The molecule has 1 aromatic heterocycles. The number of benzene rings is 1. The molecule has 23 heavy (non-hydrogen) atoms. The van der Waals surface area contributed by atoms with Gasteiger partial charge in [0.25, 0.3) is 0 Å². The second-order valence-corrected chi connectivity index (χ2v) is 5.71. The van der Waals surface area contributed by atoms with Crippen LogP contribution in [-0.4, -0.2) is 36.3 Å². The summed E-state index contributed by atoms with van der Waals surface area (Å²) in [5.74, 6) is 0.440. The van der Waals surface area contributed by atoms with Gasteiger partial charge in [0.05, 0.1) is 31.1 Å². The monoisotopic (exact) mass is 316 g/mol. The van der Waals surface area contributed by atoms with Crippen LogP contribution in [0.1, 0.15) is 24.1 Å². The van der Waals surface area contributed by atoms with Crippen molar-refractivity contribution in [3.05, 3.63) is 23.4 Å². The average Bonchev–Trinajstić information content (AvgIpc) is 2.76. The molecule has 122 valence electrons. The molecule has 2 N–H and O–H groups in total. The van der Waals surface area contributed by atoms with Crippen LogP contribution in [-0.2, 0) is 11.2 Å². The van der Waals surface area contributed by atoms with Gasteiger partial charge in [0.2, 0.25) is 0 Å². The molecule has 1 aromatic carbocycles. The number of aliphatic carboxylic acids is 1. The summed E-state index contributed by atoms with van der Waals surface area (Å²) in [6.07, 6.45) is 2.15. The quantitative estimate of drug-likeness (QED) is 0.906. The van der Waals surface area contributed by atoms with E-state index in [1.807, 2.05) is 19.1 Å². The van der Waals surface area contributed by atoms with E-state index in [-0.39, 0.29) is 0 Å². The van der Waals surface area contributed by atoms with Gasteiger partial charge in [-0.15, -0.1) is 0 Å². The van der Waals surface area contributed by atoms with Gasteiger partial charge in [-0.05, 0) is 37.8 Å². The molecule has 3 rings (SSSR count). The van der Waals surface area contributed by atoms with E-state index >= 15 is 0 Å². The molecule has 2 aromatic rings. The maximum Gasteiger partial charge on any atom is 0.326 e. The Hall–Kier alpha value is -2.50. The summed E-state index contributed by atoms with van der Waals surface area (Å²) >= 11 is 0. The number of ether oxygens (including phenoxy) is 2. The third-order valence-corrected chi connectivity index (χ3v) is 4.35. The van der Waals surface area contributed by atoms with E-state index in [9.17, 15) is 9.90 Å². The van der Waals surface area contributed by atoms with E-state index in [1.54, 1.807) is 14.2 Å². The fourth-order valence-corrected chi connectivity index (χ4v) is 3.09. The van der Waals surface area contributed by atoms with Crippen LogP contribution in [0.2, 0.25) is 0 Å². The van der Waals surface area contributed by atoms with Gasteiger partial charge >= 0.3 is 5.97 Å². The second-order valence-electron chi connectivity index (χ2n) is 5.71. The zero-order valence-corrected chi connectivity index (χ0v) is 13.5. The van der Waals surface area contributed by atoms with E-state index in [4.69, 9.17) is 14.5 Å². The van der Waals surface area contributed by atoms with Crippen molar-refractivity contribution in [1.82, 2.24) is 4.98 Å². The number of carboxylic acid groups (broad SMARTS) is 1. The maximum atomic E-state index is 11.4.